The summed E-state index contributed by atoms with van der Waals surface area (Å²) in [7, 11) is 0. The van der Waals surface area contributed by atoms with Crippen LogP contribution >= 0.6 is 0 Å². The molecule has 1 atom stereocenters. The van der Waals surface area contributed by atoms with E-state index in [1.165, 1.54) is 17.5 Å². The van der Waals surface area contributed by atoms with Crippen LogP contribution < -0.4 is 0 Å². The van der Waals surface area contributed by atoms with E-state index in [2.05, 4.69) is 11.0 Å². The summed E-state index contributed by atoms with van der Waals surface area (Å²) in [5, 5.41) is 0. The van der Waals surface area contributed by atoms with Crippen LogP contribution in [0.5, 0.6) is 0 Å². The predicted octanol–water partition coefficient (Wildman–Crippen LogP) is 2.01. The maximum absolute atomic E-state index is 7.64. The highest BCUT2D eigenvalue weighted by atomic mass is 16.5. The summed E-state index contributed by atoms with van der Waals surface area (Å²) in [6.07, 6.45) is 2.34. The molecule has 1 heterocycles. The first kappa shape index (κ1) is 8.31. The van der Waals surface area contributed by atoms with Crippen molar-refractivity contribution in [3.63, 3.8) is 0 Å². The van der Waals surface area contributed by atoms with Crippen molar-refractivity contribution in [1.82, 2.24) is 4.90 Å². The van der Waals surface area contributed by atoms with Crippen LogP contribution in [0.1, 0.15) is 25.0 Å². The van der Waals surface area contributed by atoms with Gasteiger partial charge in [-0.05, 0) is 24.0 Å². The summed E-state index contributed by atoms with van der Waals surface area (Å²) in [5.74, 6) is 0. The second kappa shape index (κ2) is 3.95. The summed E-state index contributed by atoms with van der Waals surface area (Å²) >= 11 is 0. The normalized spacial score (nSPS) is 27.5. The third kappa shape index (κ3) is 1.68. The summed E-state index contributed by atoms with van der Waals surface area (Å²) < 4.78 is 13.0. The topological polar surface area (TPSA) is 12.5 Å². The van der Waals surface area contributed by atoms with E-state index in [9.17, 15) is 0 Å². The number of morpholine rings is 1. The minimum Gasteiger partial charge on any atom is -0.379 e. The number of rotatable bonds is 1. The highest BCUT2D eigenvalue weighted by molar-refractivity contribution is 5.34. The number of nitrogens with zero attached hydrogens (tertiary/aromatic N) is 1. The summed E-state index contributed by atoms with van der Waals surface area (Å²) in [5.41, 5.74) is 2.82. The summed E-state index contributed by atoms with van der Waals surface area (Å²) in [4.78, 5) is 2.53. The molecule has 1 fully saturated rings. The van der Waals surface area contributed by atoms with Crippen molar-refractivity contribution in [2.45, 2.75) is 18.9 Å². The van der Waals surface area contributed by atoms with E-state index >= 15 is 0 Å². The molecule has 1 aliphatic heterocycles. The van der Waals surface area contributed by atoms with Gasteiger partial charge in [-0.2, -0.15) is 0 Å². The van der Waals surface area contributed by atoms with Crippen LogP contribution in [-0.4, -0.2) is 31.2 Å². The standard InChI is InChI=1S/C13H17NO/c1-2-4-12-11(3-1)5-6-13(12)14-7-9-15-10-8-14/h1-4,13H,5-10H2/i1D. The maximum Gasteiger partial charge on any atom is 0.0623 e. The minimum absolute atomic E-state index is 0.569. The van der Waals surface area contributed by atoms with E-state index in [1.807, 2.05) is 12.1 Å². The lowest BCUT2D eigenvalue weighted by atomic mass is 10.1. The summed E-state index contributed by atoms with van der Waals surface area (Å²) in [6.45, 7) is 3.82. The molecule has 0 bridgehead atoms. The Hall–Kier alpha value is -0.860. The van der Waals surface area contributed by atoms with Crippen molar-refractivity contribution in [2.75, 3.05) is 26.3 Å². The molecule has 1 saturated heterocycles. The molecule has 80 valence electrons. The van der Waals surface area contributed by atoms with Gasteiger partial charge in [-0.1, -0.05) is 24.2 Å². The SMILES string of the molecule is [2H]c1ccc2c(c1)CCC2N1CCOCC1. The van der Waals surface area contributed by atoms with Crippen LogP contribution in [0.4, 0.5) is 0 Å². The highest BCUT2D eigenvalue weighted by Crippen LogP contribution is 2.35. The van der Waals surface area contributed by atoms with Gasteiger partial charge in [0.15, 0.2) is 0 Å². The zero-order chi connectivity index (χ0) is 11.0. The first-order valence-electron chi connectivity index (χ1n) is 6.26. The van der Waals surface area contributed by atoms with Crippen LogP contribution in [0, 0.1) is 0 Å². The molecule has 1 unspecified atom stereocenters. The molecular weight excluding hydrogens is 186 g/mol. The van der Waals surface area contributed by atoms with Gasteiger partial charge in [0.05, 0.1) is 14.6 Å². The predicted molar refractivity (Wildman–Crippen MR) is 59.9 cm³/mol. The fourth-order valence-corrected chi connectivity index (χ4v) is 2.73. The highest BCUT2D eigenvalue weighted by Gasteiger charge is 2.28. The Bertz CT molecular complexity index is 388. The zero-order valence-corrected chi connectivity index (χ0v) is 8.91. The van der Waals surface area contributed by atoms with Gasteiger partial charge in [0.1, 0.15) is 0 Å². The zero-order valence-electron chi connectivity index (χ0n) is 9.91. The second-order valence-electron chi connectivity index (χ2n) is 4.33. The second-order valence-corrected chi connectivity index (χ2v) is 4.33. The van der Waals surface area contributed by atoms with Crippen LogP contribution in [0.2, 0.25) is 0 Å². The number of aryl methyl sites for hydroxylation is 1. The van der Waals surface area contributed by atoms with Crippen molar-refractivity contribution in [2.24, 2.45) is 0 Å². The molecule has 0 saturated carbocycles. The van der Waals surface area contributed by atoms with E-state index in [0.29, 0.717) is 12.1 Å². The van der Waals surface area contributed by atoms with Crippen molar-refractivity contribution in [3.8, 4) is 0 Å². The fourth-order valence-electron chi connectivity index (χ4n) is 2.73. The minimum atomic E-state index is 0.569. The largest absolute Gasteiger partial charge is 0.379 e. The van der Waals surface area contributed by atoms with Gasteiger partial charge in [-0.25, -0.2) is 0 Å². The lowest BCUT2D eigenvalue weighted by Crippen LogP contribution is -2.38. The van der Waals surface area contributed by atoms with Gasteiger partial charge in [-0.3, -0.25) is 4.90 Å². The third-order valence-electron chi connectivity index (χ3n) is 3.52. The molecule has 2 heteroatoms. The lowest BCUT2D eigenvalue weighted by molar-refractivity contribution is 0.0164. The van der Waals surface area contributed by atoms with Crippen LogP contribution in [0.25, 0.3) is 0 Å². The molecule has 0 radical (unpaired) electrons. The molecule has 2 aliphatic rings. The van der Waals surface area contributed by atoms with Crippen LogP contribution in [-0.2, 0) is 11.2 Å². The number of benzene rings is 1. The van der Waals surface area contributed by atoms with Crippen molar-refractivity contribution in [1.29, 1.82) is 0 Å². The average Bonchev–Trinajstić information content (AvgIpc) is 2.73. The Labute approximate surface area is 92.3 Å². The number of hydrogen-bond donors (Lipinski definition) is 0. The van der Waals surface area contributed by atoms with Gasteiger partial charge < -0.3 is 4.74 Å². The van der Waals surface area contributed by atoms with E-state index in [4.69, 9.17) is 6.11 Å². The van der Waals surface area contributed by atoms with Gasteiger partial charge in [0, 0.05) is 19.1 Å². The molecule has 0 aromatic heterocycles. The van der Waals surface area contributed by atoms with Crippen LogP contribution in [0.15, 0.2) is 24.2 Å². The lowest BCUT2D eigenvalue weighted by Gasteiger charge is -2.32. The molecule has 1 aromatic carbocycles. The molecule has 2 nitrogen and oxygen atoms in total. The summed E-state index contributed by atoms with van der Waals surface area (Å²) in [6, 6.07) is 7.29. The average molecular weight is 204 g/mol. The Morgan fingerprint density at radius 1 is 1.33 bits per heavy atom. The van der Waals surface area contributed by atoms with Crippen molar-refractivity contribution >= 4 is 0 Å². The molecular formula is C13H17NO. The van der Waals surface area contributed by atoms with Crippen molar-refractivity contribution < 1.29 is 6.11 Å². The molecule has 1 aliphatic carbocycles. The van der Waals surface area contributed by atoms with Gasteiger partial charge in [-0.15, -0.1) is 0 Å². The van der Waals surface area contributed by atoms with E-state index in [0.717, 1.165) is 32.7 Å². The molecule has 3 rings (SSSR count). The number of fused-ring (bicyclic) bond motifs is 1. The van der Waals surface area contributed by atoms with Crippen molar-refractivity contribution in [3.05, 3.63) is 35.4 Å². The van der Waals surface area contributed by atoms with E-state index in [1.54, 1.807) is 0 Å². The molecule has 0 N–H and O–H groups in total. The smallest absolute Gasteiger partial charge is 0.0623 e. The Morgan fingerprint density at radius 2 is 2.20 bits per heavy atom. The van der Waals surface area contributed by atoms with Gasteiger partial charge >= 0.3 is 0 Å². The monoisotopic (exact) mass is 204 g/mol. The molecule has 15 heavy (non-hydrogen) atoms. The Morgan fingerprint density at radius 3 is 3.07 bits per heavy atom. The molecule has 0 amide bonds. The first-order chi connectivity index (χ1) is 7.84. The number of hydrogen-bond acceptors (Lipinski definition) is 2. The van der Waals surface area contributed by atoms with Gasteiger partial charge in [0.25, 0.3) is 0 Å². The van der Waals surface area contributed by atoms with Gasteiger partial charge in [0.2, 0.25) is 0 Å². The third-order valence-corrected chi connectivity index (χ3v) is 3.52. The quantitative estimate of drug-likeness (QED) is 0.694. The Kier molecular flexibility index (Phi) is 2.19. The maximum atomic E-state index is 7.64. The van der Waals surface area contributed by atoms with Crippen LogP contribution in [0.3, 0.4) is 0 Å². The first-order valence-corrected chi connectivity index (χ1v) is 5.76. The molecule has 1 aromatic rings. The number of ether oxygens (including phenoxy) is 1. The van der Waals surface area contributed by atoms with E-state index < -0.39 is 0 Å². The Balaban J connectivity index is 1.84. The van der Waals surface area contributed by atoms with E-state index in [-0.39, 0.29) is 0 Å². The molecule has 0 spiro atoms. The fraction of sp³-hybridized carbons (Fsp3) is 0.538.